The van der Waals surface area contributed by atoms with Crippen LogP contribution in [0.4, 0.5) is 5.69 Å². The first-order valence-electron chi connectivity index (χ1n) is 7.35. The van der Waals surface area contributed by atoms with Gasteiger partial charge in [-0.3, -0.25) is 19.5 Å². The van der Waals surface area contributed by atoms with Crippen molar-refractivity contribution in [3.63, 3.8) is 0 Å². The minimum Gasteiger partial charge on any atom is -0.483 e. The molecule has 128 valence electrons. The van der Waals surface area contributed by atoms with Crippen LogP contribution >= 0.6 is 0 Å². The van der Waals surface area contributed by atoms with Gasteiger partial charge >= 0.3 is 5.97 Å². The predicted octanol–water partition coefficient (Wildman–Crippen LogP) is 2.51. The van der Waals surface area contributed by atoms with Gasteiger partial charge in [-0.15, -0.1) is 0 Å². The van der Waals surface area contributed by atoms with Crippen molar-refractivity contribution in [2.45, 2.75) is 19.4 Å². The van der Waals surface area contributed by atoms with Gasteiger partial charge in [-0.2, -0.15) is 0 Å². The molecule has 0 unspecified atom stereocenters. The van der Waals surface area contributed by atoms with E-state index < -0.39 is 22.1 Å². The van der Waals surface area contributed by atoms with Crippen molar-refractivity contribution in [1.29, 1.82) is 0 Å². The van der Waals surface area contributed by atoms with Crippen molar-refractivity contribution in [2.24, 2.45) is 0 Å². The molecule has 0 fully saturated rings. The summed E-state index contributed by atoms with van der Waals surface area (Å²) in [5.74, 6) is -0.805. The van der Waals surface area contributed by atoms with Crippen LogP contribution in [0, 0.1) is 10.1 Å². The van der Waals surface area contributed by atoms with Crippen molar-refractivity contribution >= 4 is 17.4 Å². The molecule has 1 aromatic carbocycles. The van der Waals surface area contributed by atoms with Gasteiger partial charge < -0.3 is 9.84 Å². The van der Waals surface area contributed by atoms with Crippen LogP contribution in [0.15, 0.2) is 47.4 Å². The summed E-state index contributed by atoms with van der Waals surface area (Å²) in [5.41, 5.74) is -0.781. The van der Waals surface area contributed by atoms with E-state index in [1.54, 1.807) is 19.9 Å². The Morgan fingerprint density at radius 2 is 2.00 bits per heavy atom. The molecule has 0 atom stereocenters. The number of rotatable bonds is 3. The largest absolute Gasteiger partial charge is 0.483 e. The number of aromatic carboxylic acids is 1. The van der Waals surface area contributed by atoms with Crippen LogP contribution in [0.25, 0.3) is 5.70 Å². The van der Waals surface area contributed by atoms with E-state index in [9.17, 15) is 19.7 Å². The highest BCUT2D eigenvalue weighted by Crippen LogP contribution is 2.38. The molecule has 2 aromatic rings. The van der Waals surface area contributed by atoms with E-state index in [1.807, 2.05) is 0 Å². The number of nitro benzene ring substituents is 1. The molecule has 8 heteroatoms. The summed E-state index contributed by atoms with van der Waals surface area (Å²) in [6.45, 7) is 3.53. The molecule has 0 amide bonds. The smallest absolute Gasteiger partial charge is 0.337 e. The lowest BCUT2D eigenvalue weighted by Crippen LogP contribution is -2.32. The third-order valence-corrected chi connectivity index (χ3v) is 3.72. The third-order valence-electron chi connectivity index (χ3n) is 3.72. The highest BCUT2D eigenvalue weighted by atomic mass is 16.6. The standard InChI is InChI=1S/C17H14N2O6/c1-17(2)8-13(18-9-10(16(21)22)3-6-15(18)20)12-7-11(19(23)24)4-5-14(12)25-17/h3-9H,1-2H3,(H,21,22). The number of hydrogen-bond donors (Lipinski definition) is 1. The number of fused-ring (bicyclic) bond motifs is 1. The average Bonchev–Trinajstić information content (AvgIpc) is 2.53. The summed E-state index contributed by atoms with van der Waals surface area (Å²) in [6.07, 6.45) is 2.83. The second-order valence-corrected chi connectivity index (χ2v) is 6.10. The Balaban J connectivity index is 2.28. The maximum absolute atomic E-state index is 12.3. The molecule has 1 aliphatic rings. The second kappa shape index (κ2) is 5.59. The fourth-order valence-electron chi connectivity index (χ4n) is 2.64. The summed E-state index contributed by atoms with van der Waals surface area (Å²) in [6, 6.07) is 6.43. The molecule has 25 heavy (non-hydrogen) atoms. The summed E-state index contributed by atoms with van der Waals surface area (Å²) in [7, 11) is 0. The molecule has 1 aliphatic heterocycles. The van der Waals surface area contributed by atoms with Gasteiger partial charge in [0.15, 0.2) is 0 Å². The second-order valence-electron chi connectivity index (χ2n) is 6.10. The molecule has 1 aromatic heterocycles. The van der Waals surface area contributed by atoms with Crippen LogP contribution in [-0.2, 0) is 0 Å². The van der Waals surface area contributed by atoms with Gasteiger partial charge in [0.05, 0.1) is 16.2 Å². The Morgan fingerprint density at radius 1 is 1.28 bits per heavy atom. The lowest BCUT2D eigenvalue weighted by molar-refractivity contribution is -0.384. The molecular formula is C17H14N2O6. The van der Waals surface area contributed by atoms with E-state index in [1.165, 1.54) is 30.5 Å². The van der Waals surface area contributed by atoms with Crippen LogP contribution in [0.1, 0.15) is 29.8 Å². The number of pyridine rings is 1. The summed E-state index contributed by atoms with van der Waals surface area (Å²) in [5, 5.41) is 20.2. The van der Waals surface area contributed by atoms with E-state index in [2.05, 4.69) is 0 Å². The molecule has 1 N–H and O–H groups in total. The highest BCUT2D eigenvalue weighted by molar-refractivity contribution is 5.87. The van der Waals surface area contributed by atoms with E-state index in [-0.39, 0.29) is 11.3 Å². The third kappa shape index (κ3) is 3.01. The van der Waals surface area contributed by atoms with E-state index in [0.717, 1.165) is 10.6 Å². The summed E-state index contributed by atoms with van der Waals surface area (Å²) >= 11 is 0. The number of carboxylic acid groups (broad SMARTS) is 1. The van der Waals surface area contributed by atoms with Crippen LogP contribution < -0.4 is 10.3 Å². The van der Waals surface area contributed by atoms with Crippen molar-refractivity contribution in [2.75, 3.05) is 0 Å². The SMILES string of the molecule is CC1(C)C=C(n2cc(C(=O)O)ccc2=O)c2cc([N+](=O)[O-])ccc2O1. The number of ether oxygens (including phenoxy) is 1. The zero-order valence-electron chi connectivity index (χ0n) is 13.4. The Kier molecular flexibility index (Phi) is 3.67. The predicted molar refractivity (Wildman–Crippen MR) is 88.8 cm³/mol. The van der Waals surface area contributed by atoms with Crippen molar-refractivity contribution in [1.82, 2.24) is 4.57 Å². The molecule has 8 nitrogen and oxygen atoms in total. The number of hydrogen-bond acceptors (Lipinski definition) is 5. The van der Waals surface area contributed by atoms with Gasteiger partial charge in [0.1, 0.15) is 11.4 Å². The Hall–Kier alpha value is -3.42. The van der Waals surface area contributed by atoms with Crippen LogP contribution in [0.3, 0.4) is 0 Å². The number of nitrogens with zero attached hydrogens (tertiary/aromatic N) is 2. The summed E-state index contributed by atoms with van der Waals surface area (Å²) < 4.78 is 6.96. The maximum atomic E-state index is 12.3. The fraction of sp³-hybridized carbons (Fsp3) is 0.176. The molecular weight excluding hydrogens is 328 g/mol. The normalized spacial score (nSPS) is 14.9. The number of benzene rings is 1. The molecule has 0 aliphatic carbocycles. The molecule has 0 bridgehead atoms. The lowest BCUT2D eigenvalue weighted by Gasteiger charge is -2.31. The van der Waals surface area contributed by atoms with E-state index in [0.29, 0.717) is 17.0 Å². The van der Waals surface area contributed by atoms with Gasteiger partial charge in [-0.25, -0.2) is 4.79 Å². The topological polar surface area (TPSA) is 112 Å². The van der Waals surface area contributed by atoms with Crippen LogP contribution in [0.2, 0.25) is 0 Å². The Morgan fingerprint density at radius 3 is 2.64 bits per heavy atom. The number of aromatic nitrogens is 1. The molecule has 3 rings (SSSR count). The molecule has 0 radical (unpaired) electrons. The average molecular weight is 342 g/mol. The Labute approximate surface area is 141 Å². The molecule has 0 saturated carbocycles. The van der Waals surface area contributed by atoms with Crippen molar-refractivity contribution < 1.29 is 19.6 Å². The van der Waals surface area contributed by atoms with Crippen molar-refractivity contribution in [3.05, 3.63) is 74.2 Å². The molecule has 0 spiro atoms. The number of carbonyl (C=O) groups is 1. The first-order valence-corrected chi connectivity index (χ1v) is 7.35. The zero-order valence-corrected chi connectivity index (χ0v) is 13.4. The first kappa shape index (κ1) is 16.4. The van der Waals surface area contributed by atoms with Crippen LogP contribution in [-0.4, -0.2) is 26.2 Å². The molecule has 0 saturated heterocycles. The first-order chi connectivity index (χ1) is 11.7. The van der Waals surface area contributed by atoms with E-state index in [4.69, 9.17) is 9.84 Å². The minimum atomic E-state index is -1.18. The van der Waals surface area contributed by atoms with Gasteiger partial charge in [0.25, 0.3) is 11.2 Å². The van der Waals surface area contributed by atoms with E-state index >= 15 is 0 Å². The summed E-state index contributed by atoms with van der Waals surface area (Å²) in [4.78, 5) is 34.0. The van der Waals surface area contributed by atoms with Gasteiger partial charge in [0, 0.05) is 30.0 Å². The van der Waals surface area contributed by atoms with Gasteiger partial charge in [0.2, 0.25) is 0 Å². The monoisotopic (exact) mass is 342 g/mol. The maximum Gasteiger partial charge on any atom is 0.337 e. The lowest BCUT2D eigenvalue weighted by atomic mass is 9.98. The quantitative estimate of drug-likeness (QED) is 0.677. The zero-order chi connectivity index (χ0) is 18.4. The number of nitro groups is 1. The Bertz CT molecular complexity index is 987. The van der Waals surface area contributed by atoms with Crippen molar-refractivity contribution in [3.8, 4) is 5.75 Å². The number of non-ortho nitro benzene ring substituents is 1. The van der Waals surface area contributed by atoms with Gasteiger partial charge in [-0.1, -0.05) is 0 Å². The fourth-order valence-corrected chi connectivity index (χ4v) is 2.64. The molecule has 2 heterocycles. The number of carboxylic acids is 1. The minimum absolute atomic E-state index is 0.0724. The van der Waals surface area contributed by atoms with Gasteiger partial charge in [-0.05, 0) is 32.1 Å². The van der Waals surface area contributed by atoms with Crippen LogP contribution in [0.5, 0.6) is 5.75 Å². The highest BCUT2D eigenvalue weighted by Gasteiger charge is 2.29.